The Morgan fingerprint density at radius 3 is 3.44 bits per heavy atom. The number of fused-ring (bicyclic) bond motifs is 1. The standard InChI is InChI=1S/C7H5O2/c1-2-6-3-5-9-7(6)8-4-1/h1-2,5H,4H2. The van der Waals surface area contributed by atoms with Crippen molar-refractivity contribution in [1.29, 1.82) is 0 Å². The Morgan fingerprint density at radius 2 is 2.56 bits per heavy atom. The maximum atomic E-state index is 5.08. The van der Waals surface area contributed by atoms with Crippen molar-refractivity contribution < 1.29 is 9.15 Å². The van der Waals surface area contributed by atoms with Gasteiger partial charge in [-0.1, -0.05) is 0 Å². The summed E-state index contributed by atoms with van der Waals surface area (Å²) in [5.41, 5.74) is 0.904. The van der Waals surface area contributed by atoms with Crippen LogP contribution in [0.15, 0.2) is 16.8 Å². The molecule has 0 bridgehead atoms. The summed E-state index contributed by atoms with van der Waals surface area (Å²) in [6, 6.07) is 2.88. The smallest absolute Gasteiger partial charge is 0.292 e. The van der Waals surface area contributed by atoms with E-state index in [1.54, 1.807) is 0 Å². The lowest BCUT2D eigenvalue weighted by Crippen LogP contribution is -1.96. The molecule has 2 heterocycles. The summed E-state index contributed by atoms with van der Waals surface area (Å²) >= 11 is 0. The molecule has 0 spiro atoms. The van der Waals surface area contributed by atoms with E-state index in [1.807, 2.05) is 12.2 Å². The average molecular weight is 121 g/mol. The molecule has 2 nitrogen and oxygen atoms in total. The molecule has 9 heavy (non-hydrogen) atoms. The molecule has 0 saturated heterocycles. The predicted octanol–water partition coefficient (Wildman–Crippen LogP) is 1.49. The molecule has 1 aromatic rings. The molecule has 1 aliphatic rings. The summed E-state index contributed by atoms with van der Waals surface area (Å²) in [5, 5.41) is 0. The summed E-state index contributed by atoms with van der Waals surface area (Å²) in [7, 11) is 0. The van der Waals surface area contributed by atoms with Crippen molar-refractivity contribution in [1.82, 2.24) is 0 Å². The number of rotatable bonds is 0. The zero-order valence-corrected chi connectivity index (χ0v) is 4.76. The second-order valence-corrected chi connectivity index (χ2v) is 1.79. The van der Waals surface area contributed by atoms with Crippen LogP contribution >= 0.6 is 0 Å². The lowest BCUT2D eigenvalue weighted by molar-refractivity contribution is 0.268. The average Bonchev–Trinajstić information content (AvgIpc) is 2.33. The van der Waals surface area contributed by atoms with Gasteiger partial charge in [-0.05, 0) is 12.2 Å². The van der Waals surface area contributed by atoms with Crippen molar-refractivity contribution >= 4 is 6.08 Å². The van der Waals surface area contributed by atoms with Crippen LogP contribution in [0.3, 0.4) is 0 Å². The van der Waals surface area contributed by atoms with Crippen molar-refractivity contribution in [3.8, 4) is 5.95 Å². The monoisotopic (exact) mass is 121 g/mol. The van der Waals surface area contributed by atoms with E-state index in [9.17, 15) is 0 Å². The van der Waals surface area contributed by atoms with Gasteiger partial charge in [0.2, 0.25) is 0 Å². The van der Waals surface area contributed by atoms with E-state index in [-0.39, 0.29) is 0 Å². The second-order valence-electron chi connectivity index (χ2n) is 1.79. The maximum Gasteiger partial charge on any atom is 0.292 e. The summed E-state index contributed by atoms with van der Waals surface area (Å²) in [6.45, 7) is 0.606. The summed E-state index contributed by atoms with van der Waals surface area (Å²) < 4.78 is 10.0. The molecular formula is C7H5O2. The minimum Gasteiger partial charge on any atom is -0.460 e. The molecule has 1 aliphatic heterocycles. The van der Waals surface area contributed by atoms with E-state index < -0.39 is 0 Å². The van der Waals surface area contributed by atoms with Gasteiger partial charge in [-0.15, -0.1) is 0 Å². The van der Waals surface area contributed by atoms with E-state index in [4.69, 9.17) is 9.15 Å². The van der Waals surface area contributed by atoms with Crippen LogP contribution in [-0.4, -0.2) is 6.61 Å². The molecule has 0 aliphatic carbocycles. The highest BCUT2D eigenvalue weighted by atomic mass is 16.6. The first-order valence-corrected chi connectivity index (χ1v) is 2.75. The predicted molar refractivity (Wildman–Crippen MR) is 32.1 cm³/mol. The zero-order chi connectivity index (χ0) is 6.10. The van der Waals surface area contributed by atoms with Gasteiger partial charge in [0.1, 0.15) is 12.9 Å². The van der Waals surface area contributed by atoms with Crippen molar-refractivity contribution in [2.24, 2.45) is 0 Å². The highest BCUT2D eigenvalue weighted by molar-refractivity contribution is 5.54. The minimum atomic E-state index is 0.581. The van der Waals surface area contributed by atoms with Gasteiger partial charge >= 0.3 is 0 Å². The van der Waals surface area contributed by atoms with Gasteiger partial charge in [0.25, 0.3) is 5.95 Å². The van der Waals surface area contributed by atoms with Crippen molar-refractivity contribution in [3.63, 3.8) is 0 Å². The number of hydrogen-bond acceptors (Lipinski definition) is 2. The van der Waals surface area contributed by atoms with E-state index in [1.165, 1.54) is 6.26 Å². The molecule has 1 radical (unpaired) electrons. The lowest BCUT2D eigenvalue weighted by Gasteiger charge is -2.03. The van der Waals surface area contributed by atoms with E-state index in [2.05, 4.69) is 6.07 Å². The third-order valence-corrected chi connectivity index (χ3v) is 1.20. The van der Waals surface area contributed by atoms with Gasteiger partial charge in [-0.25, -0.2) is 0 Å². The van der Waals surface area contributed by atoms with E-state index >= 15 is 0 Å². The first-order chi connectivity index (χ1) is 4.47. The fraction of sp³-hybridized carbons (Fsp3) is 0.143. The molecule has 0 fully saturated rings. The quantitative estimate of drug-likeness (QED) is 0.518. The molecule has 0 saturated carbocycles. The Labute approximate surface area is 52.7 Å². The highest BCUT2D eigenvalue weighted by Crippen LogP contribution is 2.22. The number of hydrogen-bond donors (Lipinski definition) is 0. The Kier molecular flexibility index (Phi) is 0.859. The third kappa shape index (κ3) is 0.633. The van der Waals surface area contributed by atoms with Crippen molar-refractivity contribution in [2.45, 2.75) is 0 Å². The fourth-order valence-corrected chi connectivity index (χ4v) is 0.787. The lowest BCUT2D eigenvalue weighted by atomic mass is 10.3. The Balaban J connectivity index is 2.53. The molecule has 1 aromatic heterocycles. The van der Waals surface area contributed by atoms with Gasteiger partial charge in [0.05, 0.1) is 5.56 Å². The number of furan rings is 1. The topological polar surface area (TPSA) is 22.4 Å². The Hall–Kier alpha value is -1.18. The second kappa shape index (κ2) is 1.65. The van der Waals surface area contributed by atoms with Gasteiger partial charge in [0.15, 0.2) is 0 Å². The molecule has 2 rings (SSSR count). The summed E-state index contributed by atoms with van der Waals surface area (Å²) in [4.78, 5) is 0. The SMILES string of the molecule is [c]1coc2c1C=CCO2. The van der Waals surface area contributed by atoms with Crippen LogP contribution in [0.25, 0.3) is 6.08 Å². The maximum absolute atomic E-state index is 5.08. The van der Waals surface area contributed by atoms with E-state index in [0.717, 1.165) is 5.56 Å². The molecule has 0 unspecified atom stereocenters. The zero-order valence-electron chi connectivity index (χ0n) is 4.76. The van der Waals surface area contributed by atoms with Crippen LogP contribution < -0.4 is 4.74 Å². The number of ether oxygens (including phenoxy) is 1. The first-order valence-electron chi connectivity index (χ1n) is 2.75. The van der Waals surface area contributed by atoms with Gasteiger partial charge in [0, 0.05) is 6.07 Å². The molecule has 0 amide bonds. The molecule has 2 heteroatoms. The van der Waals surface area contributed by atoms with Gasteiger partial charge < -0.3 is 9.15 Å². The van der Waals surface area contributed by atoms with E-state index in [0.29, 0.717) is 12.6 Å². The highest BCUT2D eigenvalue weighted by Gasteiger charge is 2.06. The molecule has 0 atom stereocenters. The summed E-state index contributed by atoms with van der Waals surface area (Å²) in [5.74, 6) is 0.581. The molecular weight excluding hydrogens is 116 g/mol. The van der Waals surface area contributed by atoms with Crippen molar-refractivity contribution in [2.75, 3.05) is 6.61 Å². The van der Waals surface area contributed by atoms with Gasteiger partial charge in [-0.2, -0.15) is 0 Å². The minimum absolute atomic E-state index is 0.581. The van der Waals surface area contributed by atoms with Crippen LogP contribution in [0.4, 0.5) is 0 Å². The third-order valence-electron chi connectivity index (χ3n) is 1.20. The normalized spacial score (nSPS) is 14.7. The van der Waals surface area contributed by atoms with Crippen molar-refractivity contribution in [3.05, 3.63) is 24.0 Å². The Bertz CT molecular complexity index is 235. The largest absolute Gasteiger partial charge is 0.460 e. The molecule has 45 valence electrons. The fourth-order valence-electron chi connectivity index (χ4n) is 0.787. The molecule has 0 N–H and O–H groups in total. The van der Waals surface area contributed by atoms with Crippen LogP contribution in [0.2, 0.25) is 0 Å². The van der Waals surface area contributed by atoms with Crippen LogP contribution in [-0.2, 0) is 0 Å². The first kappa shape index (κ1) is 4.68. The van der Waals surface area contributed by atoms with Crippen LogP contribution in [0.1, 0.15) is 5.56 Å². The van der Waals surface area contributed by atoms with Crippen LogP contribution in [0, 0.1) is 6.07 Å². The Morgan fingerprint density at radius 1 is 1.56 bits per heavy atom. The van der Waals surface area contributed by atoms with Crippen LogP contribution in [0.5, 0.6) is 5.95 Å². The molecule has 0 aromatic carbocycles. The van der Waals surface area contributed by atoms with Gasteiger partial charge in [-0.3, -0.25) is 0 Å². The summed E-state index contributed by atoms with van der Waals surface area (Å²) in [6.07, 6.45) is 5.36.